The molecule has 1 aromatic carbocycles. The first-order chi connectivity index (χ1) is 10.8. The number of hydrogen-bond donors (Lipinski definition) is 1. The maximum atomic E-state index is 6.31. The van der Waals surface area contributed by atoms with E-state index in [0.717, 1.165) is 61.4 Å². The Morgan fingerprint density at radius 3 is 2.55 bits per heavy atom. The molecular weight excluding hydrogens is 296 g/mol. The minimum Gasteiger partial charge on any atom is -0.397 e. The molecule has 6 heteroatoms. The van der Waals surface area contributed by atoms with Crippen LogP contribution in [0.25, 0.3) is 10.2 Å². The molecule has 118 valence electrons. The van der Waals surface area contributed by atoms with Gasteiger partial charge in [-0.2, -0.15) is 0 Å². The van der Waals surface area contributed by atoms with Crippen LogP contribution in [0.4, 0.5) is 16.5 Å². The van der Waals surface area contributed by atoms with Crippen molar-refractivity contribution < 1.29 is 4.74 Å². The van der Waals surface area contributed by atoms with E-state index in [2.05, 4.69) is 21.9 Å². The third kappa shape index (κ3) is 2.61. The Morgan fingerprint density at radius 1 is 1.00 bits per heavy atom. The number of aromatic nitrogens is 1. The number of piperidine rings is 1. The van der Waals surface area contributed by atoms with Crippen LogP contribution in [0.1, 0.15) is 19.3 Å². The average Bonchev–Trinajstić information content (AvgIpc) is 2.98. The lowest BCUT2D eigenvalue weighted by molar-refractivity contribution is 0.122. The molecule has 0 unspecified atom stereocenters. The number of fused-ring (bicyclic) bond motifs is 1. The molecule has 0 amide bonds. The minimum absolute atomic E-state index is 0.789. The lowest BCUT2D eigenvalue weighted by Crippen LogP contribution is -2.36. The molecule has 0 spiro atoms. The molecule has 2 aromatic rings. The summed E-state index contributed by atoms with van der Waals surface area (Å²) in [7, 11) is 0. The molecule has 2 aliphatic rings. The van der Waals surface area contributed by atoms with E-state index in [9.17, 15) is 0 Å². The number of morpholine rings is 1. The second-order valence-corrected chi connectivity index (χ2v) is 7.03. The lowest BCUT2D eigenvalue weighted by atomic mass is 10.1. The zero-order chi connectivity index (χ0) is 14.9. The fraction of sp³-hybridized carbons (Fsp3) is 0.562. The Labute approximate surface area is 134 Å². The van der Waals surface area contributed by atoms with E-state index < -0.39 is 0 Å². The second kappa shape index (κ2) is 5.93. The largest absolute Gasteiger partial charge is 0.397 e. The Balaban J connectivity index is 1.67. The number of nitrogens with two attached hydrogens (primary N) is 1. The van der Waals surface area contributed by atoms with E-state index in [0.29, 0.717) is 0 Å². The van der Waals surface area contributed by atoms with Gasteiger partial charge in [-0.3, -0.25) is 0 Å². The fourth-order valence-electron chi connectivity index (χ4n) is 3.26. The summed E-state index contributed by atoms with van der Waals surface area (Å²) in [6.45, 7) is 5.64. The molecule has 0 aliphatic carbocycles. The van der Waals surface area contributed by atoms with Crippen LogP contribution in [0.3, 0.4) is 0 Å². The number of hydrogen-bond acceptors (Lipinski definition) is 6. The predicted molar refractivity (Wildman–Crippen MR) is 93.1 cm³/mol. The zero-order valence-electron chi connectivity index (χ0n) is 12.8. The van der Waals surface area contributed by atoms with Gasteiger partial charge in [-0.05, 0) is 31.4 Å². The van der Waals surface area contributed by atoms with Crippen LogP contribution >= 0.6 is 11.3 Å². The number of benzene rings is 1. The summed E-state index contributed by atoms with van der Waals surface area (Å²) >= 11 is 1.73. The first-order valence-corrected chi connectivity index (χ1v) is 8.90. The average molecular weight is 318 g/mol. The third-order valence-electron chi connectivity index (χ3n) is 4.50. The summed E-state index contributed by atoms with van der Waals surface area (Å²) in [6.07, 6.45) is 3.84. The molecule has 2 N–H and O–H groups in total. The van der Waals surface area contributed by atoms with Crippen molar-refractivity contribution in [2.45, 2.75) is 19.3 Å². The van der Waals surface area contributed by atoms with Gasteiger partial charge in [0.2, 0.25) is 0 Å². The summed E-state index contributed by atoms with van der Waals surface area (Å²) in [5.74, 6) is 0. The molecule has 2 aliphatic heterocycles. The molecule has 0 atom stereocenters. The maximum absolute atomic E-state index is 6.31. The van der Waals surface area contributed by atoms with Gasteiger partial charge in [0.25, 0.3) is 0 Å². The number of nitrogen functional groups attached to an aromatic ring is 1. The van der Waals surface area contributed by atoms with Gasteiger partial charge in [0.15, 0.2) is 5.13 Å². The van der Waals surface area contributed by atoms with Crippen molar-refractivity contribution in [3.63, 3.8) is 0 Å². The van der Waals surface area contributed by atoms with Gasteiger partial charge in [-0.1, -0.05) is 11.3 Å². The number of anilines is 3. The van der Waals surface area contributed by atoms with Crippen LogP contribution < -0.4 is 15.5 Å². The molecule has 2 fully saturated rings. The first kappa shape index (κ1) is 14.1. The molecule has 2 saturated heterocycles. The summed E-state index contributed by atoms with van der Waals surface area (Å²) in [4.78, 5) is 9.56. The van der Waals surface area contributed by atoms with Crippen LogP contribution in [0, 0.1) is 0 Å². The molecule has 4 rings (SSSR count). The van der Waals surface area contributed by atoms with Crippen LogP contribution in [0.15, 0.2) is 12.1 Å². The number of ether oxygens (including phenoxy) is 1. The van der Waals surface area contributed by atoms with E-state index in [1.54, 1.807) is 11.3 Å². The molecule has 1 aromatic heterocycles. The Hall–Kier alpha value is -1.53. The van der Waals surface area contributed by atoms with Gasteiger partial charge in [-0.15, -0.1) is 0 Å². The van der Waals surface area contributed by atoms with E-state index >= 15 is 0 Å². The first-order valence-electron chi connectivity index (χ1n) is 8.09. The molecule has 22 heavy (non-hydrogen) atoms. The molecule has 5 nitrogen and oxygen atoms in total. The summed E-state index contributed by atoms with van der Waals surface area (Å²) in [5.41, 5.74) is 9.42. The number of nitrogens with zero attached hydrogens (tertiary/aromatic N) is 3. The van der Waals surface area contributed by atoms with Crippen LogP contribution in [-0.2, 0) is 4.74 Å². The number of rotatable bonds is 2. The van der Waals surface area contributed by atoms with Gasteiger partial charge >= 0.3 is 0 Å². The summed E-state index contributed by atoms with van der Waals surface area (Å²) < 4.78 is 6.60. The van der Waals surface area contributed by atoms with Crippen molar-refractivity contribution >= 4 is 38.1 Å². The van der Waals surface area contributed by atoms with Crippen molar-refractivity contribution in [1.82, 2.24) is 4.98 Å². The quantitative estimate of drug-likeness (QED) is 0.863. The second-order valence-electron chi connectivity index (χ2n) is 6.02. The molecule has 3 heterocycles. The summed E-state index contributed by atoms with van der Waals surface area (Å²) in [6, 6.07) is 4.28. The number of thiazole rings is 1. The standard InChI is InChI=1S/C16H22N4OS/c17-12-10-15-13(11-14(12)19-4-2-1-3-5-19)18-16(22-15)20-6-8-21-9-7-20/h10-11H,1-9,17H2. The van der Waals surface area contributed by atoms with Crippen molar-refractivity contribution in [3.05, 3.63) is 12.1 Å². The van der Waals surface area contributed by atoms with Crippen molar-refractivity contribution in [3.8, 4) is 0 Å². The van der Waals surface area contributed by atoms with Crippen LogP contribution in [0.5, 0.6) is 0 Å². The highest BCUT2D eigenvalue weighted by molar-refractivity contribution is 7.22. The SMILES string of the molecule is Nc1cc2sc(N3CCOCC3)nc2cc1N1CCCCC1. The minimum atomic E-state index is 0.789. The molecule has 0 bridgehead atoms. The Bertz CT molecular complexity index is 659. The van der Waals surface area contributed by atoms with Crippen molar-refractivity contribution in [2.75, 3.05) is 54.9 Å². The third-order valence-corrected chi connectivity index (χ3v) is 5.58. The van der Waals surface area contributed by atoms with Gasteiger partial charge < -0.3 is 20.3 Å². The van der Waals surface area contributed by atoms with E-state index in [-0.39, 0.29) is 0 Å². The zero-order valence-corrected chi connectivity index (χ0v) is 13.6. The smallest absolute Gasteiger partial charge is 0.186 e. The van der Waals surface area contributed by atoms with Gasteiger partial charge in [0, 0.05) is 26.2 Å². The highest BCUT2D eigenvalue weighted by atomic mass is 32.1. The highest BCUT2D eigenvalue weighted by Crippen LogP contribution is 2.36. The van der Waals surface area contributed by atoms with Crippen LogP contribution in [-0.4, -0.2) is 44.4 Å². The Morgan fingerprint density at radius 2 is 1.77 bits per heavy atom. The van der Waals surface area contributed by atoms with Crippen molar-refractivity contribution in [1.29, 1.82) is 0 Å². The Kier molecular flexibility index (Phi) is 3.80. The molecular formula is C16H22N4OS. The van der Waals surface area contributed by atoms with Crippen LogP contribution in [0.2, 0.25) is 0 Å². The van der Waals surface area contributed by atoms with Gasteiger partial charge in [-0.25, -0.2) is 4.98 Å². The maximum Gasteiger partial charge on any atom is 0.186 e. The van der Waals surface area contributed by atoms with E-state index in [1.807, 2.05) is 0 Å². The lowest BCUT2D eigenvalue weighted by Gasteiger charge is -2.29. The monoisotopic (exact) mass is 318 g/mol. The normalized spacial score (nSPS) is 19.8. The highest BCUT2D eigenvalue weighted by Gasteiger charge is 2.18. The van der Waals surface area contributed by atoms with Gasteiger partial charge in [0.05, 0.1) is 34.8 Å². The van der Waals surface area contributed by atoms with Crippen molar-refractivity contribution in [2.24, 2.45) is 0 Å². The van der Waals surface area contributed by atoms with Gasteiger partial charge in [0.1, 0.15) is 0 Å². The van der Waals surface area contributed by atoms with E-state index in [4.69, 9.17) is 15.5 Å². The van der Waals surface area contributed by atoms with E-state index in [1.165, 1.54) is 24.0 Å². The summed E-state index contributed by atoms with van der Waals surface area (Å²) in [5, 5.41) is 1.09. The molecule has 0 saturated carbocycles. The predicted octanol–water partition coefficient (Wildman–Crippen LogP) is 2.71. The molecule has 0 radical (unpaired) electrons. The fourth-order valence-corrected chi connectivity index (χ4v) is 4.31. The topological polar surface area (TPSA) is 54.6 Å².